The highest BCUT2D eigenvalue weighted by molar-refractivity contribution is 7.89. The van der Waals surface area contributed by atoms with Gasteiger partial charge in [0.2, 0.25) is 10.0 Å². The number of hydrogen-bond donors (Lipinski definition) is 2. The zero-order valence-electron chi connectivity index (χ0n) is 10.8. The molecular formula is C12H18N2O4S. The second-order valence-electron chi connectivity index (χ2n) is 4.49. The van der Waals surface area contributed by atoms with E-state index in [1.165, 1.54) is 19.2 Å². The average Bonchev–Trinajstić information content (AvgIpc) is 2.89. The minimum atomic E-state index is -3.59. The molecule has 2 rings (SSSR count). The summed E-state index contributed by atoms with van der Waals surface area (Å²) in [6.45, 7) is 1.66. The Kier molecular flexibility index (Phi) is 4.28. The van der Waals surface area contributed by atoms with E-state index >= 15 is 0 Å². The second kappa shape index (κ2) is 5.77. The molecule has 3 N–H and O–H groups in total. The van der Waals surface area contributed by atoms with Gasteiger partial charge in [0.15, 0.2) is 0 Å². The molecule has 0 aromatic heterocycles. The van der Waals surface area contributed by atoms with Crippen LogP contribution in [0.4, 0.5) is 5.69 Å². The monoisotopic (exact) mass is 286 g/mol. The lowest BCUT2D eigenvalue weighted by Gasteiger charge is -2.12. The molecule has 1 aromatic carbocycles. The van der Waals surface area contributed by atoms with E-state index in [1.54, 1.807) is 6.07 Å². The van der Waals surface area contributed by atoms with Gasteiger partial charge in [0.1, 0.15) is 10.6 Å². The van der Waals surface area contributed by atoms with E-state index in [0.29, 0.717) is 25.5 Å². The van der Waals surface area contributed by atoms with E-state index in [4.69, 9.17) is 15.2 Å². The number of nitrogen functional groups attached to an aromatic ring is 1. The van der Waals surface area contributed by atoms with Gasteiger partial charge >= 0.3 is 0 Å². The molecule has 106 valence electrons. The predicted molar refractivity (Wildman–Crippen MR) is 71.5 cm³/mol. The first-order chi connectivity index (χ1) is 9.03. The molecule has 1 fully saturated rings. The highest BCUT2D eigenvalue weighted by Gasteiger charge is 2.21. The van der Waals surface area contributed by atoms with Crippen LogP contribution in [0.15, 0.2) is 23.1 Å². The van der Waals surface area contributed by atoms with Crippen LogP contribution in [0.3, 0.4) is 0 Å². The molecule has 1 aliphatic rings. The maximum absolute atomic E-state index is 12.1. The van der Waals surface area contributed by atoms with Crippen molar-refractivity contribution in [3.05, 3.63) is 18.2 Å². The Hall–Kier alpha value is -1.31. The van der Waals surface area contributed by atoms with Gasteiger partial charge < -0.3 is 15.2 Å². The lowest BCUT2D eigenvalue weighted by atomic mass is 10.1. The van der Waals surface area contributed by atoms with E-state index in [9.17, 15) is 8.42 Å². The second-order valence-corrected chi connectivity index (χ2v) is 6.22. The van der Waals surface area contributed by atoms with Crippen molar-refractivity contribution < 1.29 is 17.9 Å². The first-order valence-corrected chi connectivity index (χ1v) is 7.52. The maximum atomic E-state index is 12.1. The molecule has 0 amide bonds. The molecule has 1 unspecified atom stereocenters. The summed E-state index contributed by atoms with van der Waals surface area (Å²) in [5.41, 5.74) is 5.92. The van der Waals surface area contributed by atoms with Crippen LogP contribution in [0.25, 0.3) is 0 Å². The summed E-state index contributed by atoms with van der Waals surface area (Å²) in [6, 6.07) is 4.51. The quantitative estimate of drug-likeness (QED) is 0.773. The largest absolute Gasteiger partial charge is 0.497 e. The molecule has 0 radical (unpaired) electrons. The number of anilines is 1. The molecule has 0 bridgehead atoms. The molecule has 7 heteroatoms. The molecule has 1 atom stereocenters. The van der Waals surface area contributed by atoms with Crippen LogP contribution in [0.5, 0.6) is 5.75 Å². The van der Waals surface area contributed by atoms with Gasteiger partial charge in [-0.2, -0.15) is 0 Å². The minimum Gasteiger partial charge on any atom is -0.497 e. The molecule has 0 aliphatic carbocycles. The Morgan fingerprint density at radius 1 is 1.53 bits per heavy atom. The van der Waals surface area contributed by atoms with E-state index in [1.807, 2.05) is 0 Å². The first kappa shape index (κ1) is 14.1. The van der Waals surface area contributed by atoms with Gasteiger partial charge in [-0.05, 0) is 24.5 Å². The van der Waals surface area contributed by atoms with Crippen molar-refractivity contribution in [1.29, 1.82) is 0 Å². The topological polar surface area (TPSA) is 90.7 Å². The molecule has 1 saturated heterocycles. The van der Waals surface area contributed by atoms with Crippen LogP contribution in [0, 0.1) is 5.92 Å². The van der Waals surface area contributed by atoms with Gasteiger partial charge in [-0.1, -0.05) is 0 Å². The van der Waals surface area contributed by atoms with Crippen LogP contribution >= 0.6 is 0 Å². The van der Waals surface area contributed by atoms with Gasteiger partial charge in [0.05, 0.1) is 19.4 Å². The summed E-state index contributed by atoms with van der Waals surface area (Å²) in [5, 5.41) is 0. The third-order valence-corrected chi connectivity index (χ3v) is 4.59. The van der Waals surface area contributed by atoms with Crippen LogP contribution in [-0.4, -0.2) is 35.3 Å². The van der Waals surface area contributed by atoms with Gasteiger partial charge in [0.25, 0.3) is 0 Å². The van der Waals surface area contributed by atoms with Crippen molar-refractivity contribution >= 4 is 15.7 Å². The molecule has 1 aliphatic heterocycles. The molecular weight excluding hydrogens is 268 g/mol. The number of nitrogens with two attached hydrogens (primary N) is 1. The summed E-state index contributed by atoms with van der Waals surface area (Å²) in [5.74, 6) is 0.759. The first-order valence-electron chi connectivity index (χ1n) is 6.04. The lowest BCUT2D eigenvalue weighted by molar-refractivity contribution is 0.186. The number of sulfonamides is 1. The van der Waals surface area contributed by atoms with Crippen molar-refractivity contribution in [3.63, 3.8) is 0 Å². The summed E-state index contributed by atoms with van der Waals surface area (Å²) in [4.78, 5) is 0.0761. The zero-order valence-corrected chi connectivity index (χ0v) is 11.6. The third-order valence-electron chi connectivity index (χ3n) is 3.09. The van der Waals surface area contributed by atoms with Crippen molar-refractivity contribution in [1.82, 2.24) is 4.72 Å². The third kappa shape index (κ3) is 3.37. The molecule has 0 spiro atoms. The van der Waals surface area contributed by atoms with E-state index in [-0.39, 0.29) is 16.5 Å². The normalized spacial score (nSPS) is 19.5. The Bertz CT molecular complexity index is 539. The zero-order chi connectivity index (χ0) is 13.9. The van der Waals surface area contributed by atoms with Crippen LogP contribution in [0.2, 0.25) is 0 Å². The van der Waals surface area contributed by atoms with Crippen molar-refractivity contribution in [3.8, 4) is 5.75 Å². The molecule has 0 saturated carbocycles. The van der Waals surface area contributed by atoms with E-state index < -0.39 is 10.0 Å². The Labute approximate surface area is 112 Å². The van der Waals surface area contributed by atoms with Crippen LogP contribution in [-0.2, 0) is 14.8 Å². The summed E-state index contributed by atoms with van der Waals surface area (Å²) in [7, 11) is -2.09. The number of ether oxygens (including phenoxy) is 2. The van der Waals surface area contributed by atoms with Gasteiger partial charge in [-0.3, -0.25) is 0 Å². The SMILES string of the molecule is COc1ccc(S(=O)(=O)NCC2CCOC2)c(N)c1. The Morgan fingerprint density at radius 3 is 2.89 bits per heavy atom. The summed E-state index contributed by atoms with van der Waals surface area (Å²) >= 11 is 0. The highest BCUT2D eigenvalue weighted by atomic mass is 32.2. The number of benzene rings is 1. The molecule has 19 heavy (non-hydrogen) atoms. The number of methoxy groups -OCH3 is 1. The Morgan fingerprint density at radius 2 is 2.32 bits per heavy atom. The van der Waals surface area contributed by atoms with E-state index in [0.717, 1.165) is 6.42 Å². The number of hydrogen-bond acceptors (Lipinski definition) is 5. The number of nitrogens with one attached hydrogen (secondary N) is 1. The number of rotatable bonds is 5. The predicted octanol–water partition coefficient (Wildman–Crippen LogP) is 0.592. The van der Waals surface area contributed by atoms with Gasteiger partial charge in [-0.25, -0.2) is 13.1 Å². The lowest BCUT2D eigenvalue weighted by Crippen LogP contribution is -2.30. The van der Waals surface area contributed by atoms with Gasteiger partial charge in [0, 0.05) is 19.2 Å². The van der Waals surface area contributed by atoms with E-state index in [2.05, 4.69) is 4.72 Å². The average molecular weight is 286 g/mol. The smallest absolute Gasteiger partial charge is 0.242 e. The fraction of sp³-hybridized carbons (Fsp3) is 0.500. The Balaban J connectivity index is 2.10. The molecule has 1 heterocycles. The summed E-state index contributed by atoms with van der Waals surface area (Å²) in [6.07, 6.45) is 0.876. The fourth-order valence-electron chi connectivity index (χ4n) is 1.95. The van der Waals surface area contributed by atoms with Crippen LogP contribution in [0.1, 0.15) is 6.42 Å². The van der Waals surface area contributed by atoms with Gasteiger partial charge in [-0.15, -0.1) is 0 Å². The standard InChI is InChI=1S/C12H18N2O4S/c1-17-10-2-3-12(11(13)6-10)19(15,16)14-7-9-4-5-18-8-9/h2-3,6,9,14H,4-5,7-8,13H2,1H3. The molecule has 1 aromatic rings. The highest BCUT2D eigenvalue weighted by Crippen LogP contribution is 2.23. The maximum Gasteiger partial charge on any atom is 0.242 e. The molecule has 6 nitrogen and oxygen atoms in total. The minimum absolute atomic E-state index is 0.0761. The van der Waals surface area contributed by atoms with Crippen molar-refractivity contribution in [2.75, 3.05) is 32.6 Å². The fourth-order valence-corrected chi connectivity index (χ4v) is 3.17. The van der Waals surface area contributed by atoms with Crippen LogP contribution < -0.4 is 15.2 Å². The van der Waals surface area contributed by atoms with Crippen molar-refractivity contribution in [2.24, 2.45) is 5.92 Å². The summed E-state index contributed by atoms with van der Waals surface area (Å²) < 4.78 is 37.0. The van der Waals surface area contributed by atoms with Crippen molar-refractivity contribution in [2.45, 2.75) is 11.3 Å².